The topological polar surface area (TPSA) is 81.9 Å². The molecule has 1 radical (unpaired) electrons. The quantitative estimate of drug-likeness (QED) is 0.251. The average Bonchev–Trinajstić information content (AvgIpc) is 2.72. The molecule has 0 saturated carbocycles. The first-order valence-electron chi connectivity index (χ1n) is 8.65. The van der Waals surface area contributed by atoms with Crippen molar-refractivity contribution in [3.05, 3.63) is 65.4 Å². The second-order valence-corrected chi connectivity index (χ2v) is 6.45. The third-order valence-electron chi connectivity index (χ3n) is 4.96. The Labute approximate surface area is 173 Å². The van der Waals surface area contributed by atoms with Crippen LogP contribution in [0.2, 0.25) is 0 Å². The Kier molecular flexibility index (Phi) is 5.87. The van der Waals surface area contributed by atoms with E-state index in [-0.39, 0.29) is 22.4 Å². The molecule has 0 aliphatic heterocycles. The summed E-state index contributed by atoms with van der Waals surface area (Å²) in [6, 6.07) is 10.9. The molecule has 0 atom stereocenters. The summed E-state index contributed by atoms with van der Waals surface area (Å²) >= 11 is 0. The predicted molar refractivity (Wildman–Crippen MR) is 102 cm³/mol. The van der Waals surface area contributed by atoms with Crippen LogP contribution in [0.15, 0.2) is 37.0 Å². The van der Waals surface area contributed by atoms with Crippen LogP contribution in [0.1, 0.15) is 35.1 Å². The van der Waals surface area contributed by atoms with Crippen molar-refractivity contribution in [1.82, 2.24) is 15.4 Å². The van der Waals surface area contributed by atoms with Gasteiger partial charge < -0.3 is 5.41 Å². The van der Waals surface area contributed by atoms with E-state index in [1.807, 2.05) is 24.3 Å². The van der Waals surface area contributed by atoms with Gasteiger partial charge >= 0.3 is 0 Å². The summed E-state index contributed by atoms with van der Waals surface area (Å²) in [7, 11) is 0. The minimum Gasteiger partial charge on any atom is -0.372 e. The monoisotopic (exact) mass is 436 g/mol. The van der Waals surface area contributed by atoms with Gasteiger partial charge in [-0.05, 0) is 43.0 Å². The molecule has 2 heterocycles. The fourth-order valence-electron chi connectivity index (χ4n) is 3.66. The fraction of sp³-hybridized carbons (Fsp3) is 0.190. The Morgan fingerprint density at radius 3 is 2.56 bits per heavy atom. The van der Waals surface area contributed by atoms with Gasteiger partial charge in [0.1, 0.15) is 5.65 Å². The molecule has 5 nitrogen and oxygen atoms in total. The number of fused-ring (bicyclic) bond motifs is 3. The second-order valence-electron chi connectivity index (χ2n) is 6.45. The van der Waals surface area contributed by atoms with Gasteiger partial charge in [0, 0.05) is 27.9 Å². The Hall–Kier alpha value is -2.31. The number of pyridine rings is 2. The fourth-order valence-corrected chi connectivity index (χ4v) is 3.66. The summed E-state index contributed by atoms with van der Waals surface area (Å²) < 4.78 is 0. The molecule has 1 aliphatic carbocycles. The molecule has 0 spiro atoms. The van der Waals surface area contributed by atoms with Crippen LogP contribution in [-0.2, 0) is 35.2 Å². The third-order valence-corrected chi connectivity index (χ3v) is 4.96. The number of nitrogens with zero attached hydrogens (tertiary/aromatic N) is 2. The molecular weight excluding hydrogens is 417 g/mol. The zero-order valence-corrected chi connectivity index (χ0v) is 17.0. The summed E-state index contributed by atoms with van der Waals surface area (Å²) in [4.78, 5) is 9.26. The van der Waals surface area contributed by atoms with E-state index in [1.165, 1.54) is 17.3 Å². The molecule has 1 aromatic carbocycles. The molecule has 1 aliphatic rings. The maximum Gasteiger partial charge on any atom is 0.104 e. The number of hydroxylamine groups is 1. The number of hydrogen-bond donors (Lipinski definition) is 3. The van der Waals surface area contributed by atoms with E-state index in [9.17, 15) is 0 Å². The molecule has 0 amide bonds. The Balaban J connectivity index is 0.00000210. The van der Waals surface area contributed by atoms with E-state index >= 15 is 0 Å². The first kappa shape index (κ1) is 19.5. The molecule has 6 heteroatoms. The van der Waals surface area contributed by atoms with Crippen LogP contribution < -0.4 is 5.48 Å². The van der Waals surface area contributed by atoms with Gasteiger partial charge in [0.25, 0.3) is 0 Å². The maximum absolute atomic E-state index is 9.01. The van der Waals surface area contributed by atoms with Crippen LogP contribution in [0, 0.1) is 11.5 Å². The summed E-state index contributed by atoms with van der Waals surface area (Å²) in [6.45, 7) is 3.76. The SMILES string of the molecule is C=C(NO)c1ccc(-c2nc3nc[c-]c(C=N)c3c3c2CCCC3)cc1.[Nb]. The Bertz CT molecular complexity index is 1010. The summed E-state index contributed by atoms with van der Waals surface area (Å²) in [6.07, 6.45) is 7.16. The van der Waals surface area contributed by atoms with Gasteiger partial charge in [-0.2, -0.15) is 11.6 Å². The van der Waals surface area contributed by atoms with Crippen molar-refractivity contribution in [3.63, 3.8) is 0 Å². The zero-order valence-electron chi connectivity index (χ0n) is 14.8. The van der Waals surface area contributed by atoms with Crippen molar-refractivity contribution in [2.24, 2.45) is 0 Å². The smallest absolute Gasteiger partial charge is 0.104 e. The number of nitrogens with one attached hydrogen (secondary N) is 2. The van der Waals surface area contributed by atoms with E-state index in [1.54, 1.807) is 6.20 Å². The van der Waals surface area contributed by atoms with E-state index in [2.05, 4.69) is 23.1 Å². The number of aromatic nitrogens is 2. The van der Waals surface area contributed by atoms with Crippen molar-refractivity contribution in [2.75, 3.05) is 0 Å². The Morgan fingerprint density at radius 2 is 1.89 bits per heavy atom. The molecule has 2 aromatic heterocycles. The van der Waals surface area contributed by atoms with Gasteiger partial charge in [0.15, 0.2) is 0 Å². The molecule has 0 saturated heterocycles. The van der Waals surface area contributed by atoms with Crippen molar-refractivity contribution in [3.8, 4) is 11.3 Å². The molecule has 27 heavy (non-hydrogen) atoms. The van der Waals surface area contributed by atoms with E-state index in [0.29, 0.717) is 11.3 Å². The number of hydrogen-bond acceptors (Lipinski definition) is 5. The largest absolute Gasteiger partial charge is 0.372 e. The minimum absolute atomic E-state index is 0. The van der Waals surface area contributed by atoms with Gasteiger partial charge in [0.2, 0.25) is 0 Å². The number of aryl methyl sites for hydroxylation is 1. The predicted octanol–water partition coefficient (Wildman–Crippen LogP) is 3.92. The summed E-state index contributed by atoms with van der Waals surface area (Å²) in [5.41, 5.74) is 9.27. The van der Waals surface area contributed by atoms with E-state index in [0.717, 1.165) is 53.5 Å². The van der Waals surface area contributed by atoms with Crippen LogP contribution in [0.4, 0.5) is 0 Å². The van der Waals surface area contributed by atoms with Crippen molar-refractivity contribution < 1.29 is 27.6 Å². The van der Waals surface area contributed by atoms with Gasteiger partial charge in [-0.1, -0.05) is 48.0 Å². The molecule has 3 aromatic rings. The summed E-state index contributed by atoms with van der Waals surface area (Å²) in [5.74, 6) is 0. The standard InChI is InChI=1S/C21H19N4O.Nb/c1-13(25-26)14-6-8-15(9-7-14)20-18-5-3-2-4-17(18)19-16(12-22)10-11-23-21(19)24-20;/h6-9,11-12,22,25-26H,1-5H2;/q-1;. The molecule has 0 bridgehead atoms. The molecule has 0 unspecified atom stereocenters. The van der Waals surface area contributed by atoms with Crippen LogP contribution in [0.3, 0.4) is 0 Å². The van der Waals surface area contributed by atoms with Crippen LogP contribution >= 0.6 is 0 Å². The molecule has 0 fully saturated rings. The average molecular weight is 436 g/mol. The van der Waals surface area contributed by atoms with Gasteiger partial charge in [-0.25, -0.2) is 4.98 Å². The van der Waals surface area contributed by atoms with Crippen molar-refractivity contribution in [1.29, 1.82) is 5.41 Å². The zero-order chi connectivity index (χ0) is 18.1. The first-order valence-corrected chi connectivity index (χ1v) is 8.65. The number of rotatable bonds is 4. The van der Waals surface area contributed by atoms with Crippen LogP contribution in [0.5, 0.6) is 0 Å². The van der Waals surface area contributed by atoms with Crippen LogP contribution in [0.25, 0.3) is 28.0 Å². The molecule has 3 N–H and O–H groups in total. The van der Waals surface area contributed by atoms with E-state index in [4.69, 9.17) is 15.6 Å². The first-order chi connectivity index (χ1) is 12.7. The van der Waals surface area contributed by atoms with Crippen molar-refractivity contribution >= 4 is 22.9 Å². The maximum atomic E-state index is 9.01. The van der Waals surface area contributed by atoms with Crippen LogP contribution in [-0.4, -0.2) is 21.4 Å². The summed E-state index contributed by atoms with van der Waals surface area (Å²) in [5, 5.41) is 17.7. The normalized spacial score (nSPS) is 12.8. The molecule has 4 rings (SSSR count). The van der Waals surface area contributed by atoms with E-state index < -0.39 is 0 Å². The third kappa shape index (κ3) is 3.47. The molecule has 135 valence electrons. The van der Waals surface area contributed by atoms with Gasteiger partial charge in [-0.15, -0.1) is 0 Å². The minimum atomic E-state index is 0. The van der Waals surface area contributed by atoms with Gasteiger partial charge in [0.05, 0.1) is 11.4 Å². The number of benzene rings is 1. The molecular formula is C21H19N4NbO-. The van der Waals surface area contributed by atoms with Gasteiger partial charge in [-0.3, -0.25) is 15.7 Å². The second kappa shape index (κ2) is 8.15. The Morgan fingerprint density at radius 1 is 1.19 bits per heavy atom. The van der Waals surface area contributed by atoms with Crippen molar-refractivity contribution in [2.45, 2.75) is 25.7 Å².